The van der Waals surface area contributed by atoms with Crippen LogP contribution in [0.15, 0.2) is 30.6 Å². The molecule has 1 atom stereocenters. The fourth-order valence-corrected chi connectivity index (χ4v) is 3.68. The third-order valence-corrected chi connectivity index (χ3v) is 5.04. The largest absolute Gasteiger partial charge is 0.344 e. The quantitative estimate of drug-likeness (QED) is 0.881. The fourth-order valence-electron chi connectivity index (χ4n) is 2.53. The van der Waals surface area contributed by atoms with E-state index in [1.165, 1.54) is 23.4 Å². The van der Waals surface area contributed by atoms with Crippen molar-refractivity contribution in [1.29, 1.82) is 0 Å². The number of nitrogens with one attached hydrogen (secondary N) is 1. The molecule has 1 amide bonds. The lowest BCUT2D eigenvalue weighted by molar-refractivity contribution is -0.117. The minimum Gasteiger partial charge on any atom is -0.344 e. The number of pyridine rings is 1. The van der Waals surface area contributed by atoms with E-state index in [1.54, 1.807) is 35.9 Å². The molecule has 2 aromatic rings. The monoisotopic (exact) mass is 313 g/mol. The van der Waals surface area contributed by atoms with E-state index in [2.05, 4.69) is 10.3 Å². The number of rotatable bonds is 4. The van der Waals surface area contributed by atoms with Gasteiger partial charge in [-0.25, -0.2) is 4.98 Å². The van der Waals surface area contributed by atoms with Gasteiger partial charge in [-0.3, -0.25) is 9.78 Å². The number of carbonyl (C=O) groups is 1. The van der Waals surface area contributed by atoms with Gasteiger partial charge in [0.25, 0.3) is 0 Å². The Balaban J connectivity index is 1.61. The molecule has 0 saturated carbocycles. The first-order valence-electron chi connectivity index (χ1n) is 7.59. The number of thiazole rings is 1. The van der Waals surface area contributed by atoms with Crippen LogP contribution in [-0.4, -0.2) is 15.9 Å². The number of fused-ring (bicyclic) bond motifs is 1. The lowest BCUT2D eigenvalue weighted by Crippen LogP contribution is -2.24. The van der Waals surface area contributed by atoms with Crippen LogP contribution < -0.4 is 5.32 Å². The molecule has 114 valence electrons. The normalized spacial score (nSPS) is 15.5. The number of aromatic nitrogens is 2. The molecule has 0 bridgehead atoms. The van der Waals surface area contributed by atoms with Gasteiger partial charge in [-0.15, -0.1) is 11.3 Å². The van der Waals surface area contributed by atoms with Crippen LogP contribution >= 0.6 is 11.3 Å². The zero-order valence-corrected chi connectivity index (χ0v) is 13.4. The second-order valence-electron chi connectivity index (χ2n) is 5.48. The Labute approximate surface area is 134 Å². The second kappa shape index (κ2) is 6.83. The van der Waals surface area contributed by atoms with Gasteiger partial charge in [-0.05, 0) is 50.3 Å². The molecule has 0 unspecified atom stereocenters. The van der Waals surface area contributed by atoms with Crippen LogP contribution in [0.25, 0.3) is 6.08 Å². The van der Waals surface area contributed by atoms with Gasteiger partial charge in [0.05, 0.1) is 11.7 Å². The van der Waals surface area contributed by atoms with Crippen LogP contribution in [0.1, 0.15) is 46.9 Å². The zero-order valence-electron chi connectivity index (χ0n) is 12.6. The average Bonchev–Trinajstić information content (AvgIpc) is 2.98. The molecule has 2 heterocycles. The van der Waals surface area contributed by atoms with Crippen LogP contribution in [0.3, 0.4) is 0 Å². The molecular weight excluding hydrogens is 294 g/mol. The number of aryl methyl sites for hydroxylation is 2. The lowest BCUT2D eigenvalue weighted by Gasteiger charge is -2.08. The fraction of sp³-hybridized carbons (Fsp3) is 0.353. The van der Waals surface area contributed by atoms with Crippen molar-refractivity contribution >= 4 is 23.3 Å². The predicted molar refractivity (Wildman–Crippen MR) is 88.6 cm³/mol. The van der Waals surface area contributed by atoms with Crippen molar-refractivity contribution in [3.8, 4) is 0 Å². The molecule has 0 aliphatic heterocycles. The molecule has 0 saturated heterocycles. The zero-order chi connectivity index (χ0) is 15.4. The van der Waals surface area contributed by atoms with Crippen molar-refractivity contribution in [2.75, 3.05) is 0 Å². The van der Waals surface area contributed by atoms with Crippen LogP contribution in [0.5, 0.6) is 0 Å². The Morgan fingerprint density at radius 2 is 2.27 bits per heavy atom. The highest BCUT2D eigenvalue weighted by atomic mass is 32.1. The van der Waals surface area contributed by atoms with Crippen LogP contribution in [0.4, 0.5) is 0 Å². The third kappa shape index (κ3) is 3.60. The molecule has 0 spiro atoms. The van der Waals surface area contributed by atoms with E-state index in [-0.39, 0.29) is 11.9 Å². The van der Waals surface area contributed by atoms with E-state index in [0.717, 1.165) is 23.4 Å². The molecule has 1 aliphatic carbocycles. The minimum atomic E-state index is -0.107. The summed E-state index contributed by atoms with van der Waals surface area (Å²) in [6.45, 7) is 1.99. The summed E-state index contributed by atoms with van der Waals surface area (Å²) in [5, 5.41) is 3.99. The van der Waals surface area contributed by atoms with E-state index in [1.807, 2.05) is 19.1 Å². The Morgan fingerprint density at radius 1 is 1.41 bits per heavy atom. The molecular formula is C17H19N3OS. The highest BCUT2D eigenvalue weighted by Gasteiger charge is 2.18. The van der Waals surface area contributed by atoms with Gasteiger partial charge in [0, 0.05) is 23.3 Å². The van der Waals surface area contributed by atoms with Crippen molar-refractivity contribution in [2.45, 2.75) is 38.6 Å². The Bertz CT molecular complexity index is 655. The van der Waals surface area contributed by atoms with Gasteiger partial charge >= 0.3 is 0 Å². The van der Waals surface area contributed by atoms with Gasteiger partial charge < -0.3 is 5.32 Å². The van der Waals surface area contributed by atoms with Crippen LogP contribution in [-0.2, 0) is 17.6 Å². The Morgan fingerprint density at radius 3 is 3.05 bits per heavy atom. The number of hydrogen-bond acceptors (Lipinski definition) is 4. The van der Waals surface area contributed by atoms with Gasteiger partial charge in [-0.2, -0.15) is 0 Å². The molecule has 5 heteroatoms. The summed E-state index contributed by atoms with van der Waals surface area (Å²) in [6, 6.07) is 3.71. The molecule has 2 aromatic heterocycles. The molecule has 1 N–H and O–H groups in total. The smallest absolute Gasteiger partial charge is 0.244 e. The van der Waals surface area contributed by atoms with Crippen LogP contribution in [0.2, 0.25) is 0 Å². The molecule has 3 rings (SSSR count). The maximum Gasteiger partial charge on any atom is 0.244 e. The van der Waals surface area contributed by atoms with Crippen molar-refractivity contribution in [3.63, 3.8) is 0 Å². The third-order valence-electron chi connectivity index (χ3n) is 3.70. The van der Waals surface area contributed by atoms with E-state index < -0.39 is 0 Å². The van der Waals surface area contributed by atoms with E-state index in [4.69, 9.17) is 4.98 Å². The Hall–Kier alpha value is -2.01. The topological polar surface area (TPSA) is 54.9 Å². The maximum absolute atomic E-state index is 12.0. The minimum absolute atomic E-state index is 0.0540. The summed E-state index contributed by atoms with van der Waals surface area (Å²) in [5.41, 5.74) is 2.15. The van der Waals surface area contributed by atoms with Gasteiger partial charge in [0.1, 0.15) is 5.01 Å². The molecule has 0 aromatic carbocycles. The number of carbonyl (C=O) groups excluding carboxylic acids is 1. The summed E-state index contributed by atoms with van der Waals surface area (Å²) in [7, 11) is 0. The molecule has 0 fully saturated rings. The Kier molecular flexibility index (Phi) is 4.63. The lowest BCUT2D eigenvalue weighted by atomic mass is 10.0. The van der Waals surface area contributed by atoms with Crippen molar-refractivity contribution in [1.82, 2.24) is 15.3 Å². The first-order chi connectivity index (χ1) is 10.7. The van der Waals surface area contributed by atoms with Crippen LogP contribution in [0, 0.1) is 0 Å². The van der Waals surface area contributed by atoms with E-state index in [0.29, 0.717) is 0 Å². The predicted octanol–water partition coefficient (Wildman–Crippen LogP) is 3.31. The van der Waals surface area contributed by atoms with Gasteiger partial charge in [0.2, 0.25) is 5.91 Å². The highest BCUT2D eigenvalue weighted by Crippen LogP contribution is 2.29. The first-order valence-corrected chi connectivity index (χ1v) is 8.41. The first kappa shape index (κ1) is 14.9. The number of hydrogen-bond donors (Lipinski definition) is 1. The van der Waals surface area contributed by atoms with Crippen molar-refractivity contribution in [3.05, 3.63) is 51.7 Å². The summed E-state index contributed by atoms with van der Waals surface area (Å²) in [5.74, 6) is -0.107. The molecule has 1 aliphatic rings. The summed E-state index contributed by atoms with van der Waals surface area (Å²) in [4.78, 5) is 22.1. The summed E-state index contributed by atoms with van der Waals surface area (Å²) < 4.78 is 0. The number of nitrogens with zero attached hydrogens (tertiary/aromatic N) is 2. The van der Waals surface area contributed by atoms with E-state index >= 15 is 0 Å². The average molecular weight is 313 g/mol. The van der Waals surface area contributed by atoms with Gasteiger partial charge in [-0.1, -0.05) is 6.07 Å². The van der Waals surface area contributed by atoms with Crippen molar-refractivity contribution in [2.24, 2.45) is 0 Å². The summed E-state index contributed by atoms with van der Waals surface area (Å²) in [6.07, 6.45) is 11.4. The number of amides is 1. The second-order valence-corrected chi connectivity index (χ2v) is 6.59. The van der Waals surface area contributed by atoms with E-state index in [9.17, 15) is 4.79 Å². The standard InChI is InChI=1S/C17H19N3OS/c1-12(17-20-14-6-2-3-7-15(14)22-17)19-16(21)9-8-13-5-4-10-18-11-13/h4-5,8-12H,2-3,6-7H2,1H3,(H,19,21)/b9-8-/t12-/m0/s1. The molecule has 22 heavy (non-hydrogen) atoms. The highest BCUT2D eigenvalue weighted by molar-refractivity contribution is 7.11. The molecule has 4 nitrogen and oxygen atoms in total. The maximum atomic E-state index is 12.0. The van der Waals surface area contributed by atoms with Crippen molar-refractivity contribution < 1.29 is 4.79 Å². The van der Waals surface area contributed by atoms with Gasteiger partial charge in [0.15, 0.2) is 0 Å². The summed E-state index contributed by atoms with van der Waals surface area (Å²) >= 11 is 1.74. The SMILES string of the molecule is C[C@H](NC(=O)/C=C\c1cccnc1)c1nc2c(s1)CCCC2. The molecule has 0 radical (unpaired) electrons.